The molecule has 0 bridgehead atoms. The molecule has 1 atom stereocenters. The first kappa shape index (κ1) is 15.9. The molecule has 1 aromatic carbocycles. The van der Waals surface area contributed by atoms with Gasteiger partial charge in [-0.1, -0.05) is 22.9 Å². The van der Waals surface area contributed by atoms with Gasteiger partial charge in [0.1, 0.15) is 0 Å². The minimum absolute atomic E-state index is 0.0276. The summed E-state index contributed by atoms with van der Waals surface area (Å²) in [5, 5.41) is 11.2. The quantitative estimate of drug-likeness (QED) is 0.892. The van der Waals surface area contributed by atoms with Crippen molar-refractivity contribution < 1.29 is 13.2 Å². The molecule has 122 valence electrons. The molecule has 1 N–H and O–H groups in total. The molecule has 1 fully saturated rings. The van der Waals surface area contributed by atoms with E-state index in [9.17, 15) is 13.2 Å². The minimum atomic E-state index is -3.05. The van der Waals surface area contributed by atoms with E-state index in [4.69, 9.17) is 11.6 Å². The van der Waals surface area contributed by atoms with Gasteiger partial charge in [-0.25, -0.2) is 13.1 Å². The zero-order valence-electron chi connectivity index (χ0n) is 12.4. The van der Waals surface area contributed by atoms with Crippen LogP contribution in [0.3, 0.4) is 0 Å². The van der Waals surface area contributed by atoms with Crippen molar-refractivity contribution in [2.45, 2.75) is 19.4 Å². The third kappa shape index (κ3) is 3.37. The van der Waals surface area contributed by atoms with Crippen LogP contribution in [0.25, 0.3) is 5.69 Å². The van der Waals surface area contributed by atoms with Gasteiger partial charge in [0.15, 0.2) is 15.5 Å². The Kier molecular flexibility index (Phi) is 4.11. The largest absolute Gasteiger partial charge is 0.347 e. The number of amides is 1. The fourth-order valence-corrected chi connectivity index (χ4v) is 4.41. The molecule has 0 saturated carbocycles. The normalized spacial score (nSPS) is 19.7. The Labute approximate surface area is 138 Å². The fraction of sp³-hybridized carbons (Fsp3) is 0.357. The van der Waals surface area contributed by atoms with Gasteiger partial charge in [0.2, 0.25) is 0 Å². The van der Waals surface area contributed by atoms with Gasteiger partial charge in [0, 0.05) is 11.1 Å². The van der Waals surface area contributed by atoms with E-state index in [1.165, 1.54) is 4.68 Å². The molecule has 1 aliphatic heterocycles. The SMILES string of the molecule is Cc1c(C(=O)N[C@@H]2CCS(=O)(=O)C2)nnn1-c1cccc(Cl)c1. The lowest BCUT2D eigenvalue weighted by Gasteiger charge is -2.09. The molecular formula is C14H15ClN4O3S. The van der Waals surface area contributed by atoms with E-state index in [1.54, 1.807) is 31.2 Å². The van der Waals surface area contributed by atoms with Crippen LogP contribution in [0, 0.1) is 6.92 Å². The summed E-state index contributed by atoms with van der Waals surface area (Å²) in [6.07, 6.45) is 0.426. The van der Waals surface area contributed by atoms with E-state index >= 15 is 0 Å². The Hall–Kier alpha value is -1.93. The minimum Gasteiger partial charge on any atom is -0.347 e. The highest BCUT2D eigenvalue weighted by Crippen LogP contribution is 2.17. The lowest BCUT2D eigenvalue weighted by molar-refractivity contribution is 0.0935. The number of hydrogen-bond acceptors (Lipinski definition) is 5. The van der Waals surface area contributed by atoms with Crippen LogP contribution in [-0.2, 0) is 9.84 Å². The van der Waals surface area contributed by atoms with Crippen molar-refractivity contribution >= 4 is 27.3 Å². The highest BCUT2D eigenvalue weighted by atomic mass is 35.5. The number of nitrogens with one attached hydrogen (secondary N) is 1. The van der Waals surface area contributed by atoms with Crippen LogP contribution in [0.5, 0.6) is 0 Å². The average molecular weight is 355 g/mol. The maximum Gasteiger partial charge on any atom is 0.274 e. The maximum atomic E-state index is 12.3. The van der Waals surface area contributed by atoms with Crippen LogP contribution in [0.1, 0.15) is 22.6 Å². The average Bonchev–Trinajstić information content (AvgIpc) is 3.01. The Bertz CT molecular complexity index is 863. The molecule has 0 radical (unpaired) electrons. The molecule has 0 aliphatic carbocycles. The van der Waals surface area contributed by atoms with Gasteiger partial charge in [-0.2, -0.15) is 0 Å². The van der Waals surface area contributed by atoms with Gasteiger partial charge in [0.05, 0.1) is 22.9 Å². The highest BCUT2D eigenvalue weighted by molar-refractivity contribution is 7.91. The molecule has 2 aromatic rings. The lowest BCUT2D eigenvalue weighted by Crippen LogP contribution is -2.36. The number of sulfone groups is 1. The van der Waals surface area contributed by atoms with E-state index in [0.717, 1.165) is 0 Å². The second-order valence-electron chi connectivity index (χ2n) is 5.49. The highest BCUT2D eigenvalue weighted by Gasteiger charge is 2.30. The summed E-state index contributed by atoms with van der Waals surface area (Å²) in [6.45, 7) is 1.72. The summed E-state index contributed by atoms with van der Waals surface area (Å²) < 4.78 is 24.4. The van der Waals surface area contributed by atoms with Gasteiger partial charge < -0.3 is 5.32 Å². The van der Waals surface area contributed by atoms with E-state index in [0.29, 0.717) is 22.8 Å². The fourth-order valence-electron chi connectivity index (χ4n) is 2.55. The van der Waals surface area contributed by atoms with Crippen LogP contribution in [-0.4, -0.2) is 46.9 Å². The molecule has 1 saturated heterocycles. The van der Waals surface area contributed by atoms with Crippen molar-refractivity contribution in [2.75, 3.05) is 11.5 Å². The van der Waals surface area contributed by atoms with E-state index in [2.05, 4.69) is 15.6 Å². The Morgan fingerprint density at radius 2 is 2.22 bits per heavy atom. The van der Waals surface area contributed by atoms with Crippen LogP contribution < -0.4 is 5.32 Å². The first-order valence-corrected chi connectivity index (χ1v) is 9.25. The summed E-state index contributed by atoms with van der Waals surface area (Å²) in [4.78, 5) is 12.3. The van der Waals surface area contributed by atoms with Crippen molar-refractivity contribution in [2.24, 2.45) is 0 Å². The Balaban J connectivity index is 1.80. The summed E-state index contributed by atoms with van der Waals surface area (Å²) in [5.41, 5.74) is 1.44. The summed E-state index contributed by atoms with van der Waals surface area (Å²) in [7, 11) is -3.05. The summed E-state index contributed by atoms with van der Waals surface area (Å²) >= 11 is 5.96. The van der Waals surface area contributed by atoms with Gasteiger partial charge >= 0.3 is 0 Å². The topological polar surface area (TPSA) is 93.9 Å². The van der Waals surface area contributed by atoms with Crippen molar-refractivity contribution in [3.8, 4) is 5.69 Å². The third-order valence-corrected chi connectivity index (χ3v) is 5.73. The number of hydrogen-bond donors (Lipinski definition) is 1. The number of benzene rings is 1. The number of carbonyl (C=O) groups excluding carboxylic acids is 1. The van der Waals surface area contributed by atoms with Crippen LogP contribution in [0.15, 0.2) is 24.3 Å². The molecule has 2 heterocycles. The number of nitrogens with zero attached hydrogens (tertiary/aromatic N) is 3. The zero-order valence-corrected chi connectivity index (χ0v) is 13.9. The first-order valence-electron chi connectivity index (χ1n) is 7.05. The molecule has 1 aliphatic rings. The van der Waals surface area contributed by atoms with Gasteiger partial charge in [-0.3, -0.25) is 4.79 Å². The maximum absolute atomic E-state index is 12.3. The van der Waals surface area contributed by atoms with Crippen LogP contribution in [0.4, 0.5) is 0 Å². The predicted molar refractivity (Wildman–Crippen MR) is 85.6 cm³/mol. The molecule has 0 unspecified atom stereocenters. The van der Waals surface area contributed by atoms with Gasteiger partial charge in [0.25, 0.3) is 5.91 Å². The Morgan fingerprint density at radius 3 is 2.87 bits per heavy atom. The summed E-state index contributed by atoms with van der Waals surface area (Å²) in [5.74, 6) is -0.343. The monoisotopic (exact) mass is 354 g/mol. The molecule has 9 heteroatoms. The number of aromatic nitrogens is 3. The van der Waals surface area contributed by atoms with E-state index in [-0.39, 0.29) is 23.2 Å². The molecule has 1 aromatic heterocycles. The smallest absolute Gasteiger partial charge is 0.274 e. The second-order valence-corrected chi connectivity index (χ2v) is 8.15. The molecule has 0 spiro atoms. The zero-order chi connectivity index (χ0) is 16.6. The van der Waals surface area contributed by atoms with Gasteiger partial charge in [-0.05, 0) is 31.5 Å². The standard InChI is InChI=1S/C14H15ClN4O3S/c1-9-13(14(20)16-11-5-6-23(21,22)8-11)17-18-19(9)12-4-2-3-10(15)7-12/h2-4,7,11H,5-6,8H2,1H3,(H,16,20)/t11-/m1/s1. The third-order valence-electron chi connectivity index (χ3n) is 3.73. The molecule has 3 rings (SSSR count). The van der Waals surface area contributed by atoms with E-state index in [1.807, 2.05) is 0 Å². The molecule has 23 heavy (non-hydrogen) atoms. The number of carbonyl (C=O) groups is 1. The second kappa shape index (κ2) is 5.93. The Morgan fingerprint density at radius 1 is 1.43 bits per heavy atom. The van der Waals surface area contributed by atoms with Crippen molar-refractivity contribution in [1.29, 1.82) is 0 Å². The van der Waals surface area contributed by atoms with Crippen molar-refractivity contribution in [1.82, 2.24) is 20.3 Å². The molecular weight excluding hydrogens is 340 g/mol. The number of rotatable bonds is 3. The molecule has 1 amide bonds. The lowest BCUT2D eigenvalue weighted by atomic mass is 10.2. The first-order chi connectivity index (χ1) is 10.9. The predicted octanol–water partition coefficient (Wildman–Crippen LogP) is 1.15. The van der Waals surface area contributed by atoms with Crippen LogP contribution >= 0.6 is 11.6 Å². The number of halogens is 1. The van der Waals surface area contributed by atoms with Crippen LogP contribution in [0.2, 0.25) is 5.02 Å². The molecule has 7 nitrogen and oxygen atoms in total. The van der Waals surface area contributed by atoms with E-state index < -0.39 is 15.7 Å². The summed E-state index contributed by atoms with van der Waals surface area (Å²) in [6, 6.07) is 6.67. The van der Waals surface area contributed by atoms with Crippen molar-refractivity contribution in [3.63, 3.8) is 0 Å². The van der Waals surface area contributed by atoms with Crippen molar-refractivity contribution in [3.05, 3.63) is 40.7 Å². The van der Waals surface area contributed by atoms with Gasteiger partial charge in [-0.15, -0.1) is 5.10 Å².